The summed E-state index contributed by atoms with van der Waals surface area (Å²) in [7, 11) is 0. The minimum atomic E-state index is -0.701. The van der Waals surface area contributed by atoms with E-state index in [4.69, 9.17) is 23.7 Å². The molecule has 3 fully saturated rings. The van der Waals surface area contributed by atoms with Crippen molar-refractivity contribution in [3.8, 4) is 0 Å². The number of fused-ring (bicyclic) bond motifs is 1. The van der Waals surface area contributed by atoms with Crippen LogP contribution in [-0.4, -0.2) is 58.7 Å². The maximum Gasteiger partial charge on any atom is 0.246 e. The first-order valence-corrected chi connectivity index (χ1v) is 9.39. The van der Waals surface area contributed by atoms with Gasteiger partial charge in [0.2, 0.25) is 4.45 Å². The second-order valence-electron chi connectivity index (χ2n) is 6.47. The van der Waals surface area contributed by atoms with Crippen LogP contribution in [0.5, 0.6) is 0 Å². The van der Waals surface area contributed by atoms with Crippen molar-refractivity contribution in [3.05, 3.63) is 0 Å². The van der Waals surface area contributed by atoms with E-state index < -0.39 is 17.9 Å². The molecule has 0 bridgehead atoms. The first-order valence-electron chi connectivity index (χ1n) is 7.28. The maximum atomic E-state index is 11.9. The highest BCUT2D eigenvalue weighted by Gasteiger charge is 2.58. The van der Waals surface area contributed by atoms with Crippen LogP contribution in [0.25, 0.3) is 0 Å². The molecule has 5 atom stereocenters. The summed E-state index contributed by atoms with van der Waals surface area (Å²) in [6.07, 6.45) is 0.483. The van der Waals surface area contributed by atoms with E-state index >= 15 is 0 Å². The SMILES string of the molecule is CSC(=O)S[C@@H]1[C@H]2OC(C)(C)O[C@H]2O[C@@H]1C1COC(C)(C)O1. The lowest BCUT2D eigenvalue weighted by molar-refractivity contribution is -0.219. The Labute approximate surface area is 138 Å². The Morgan fingerprint density at radius 2 is 1.77 bits per heavy atom. The van der Waals surface area contributed by atoms with E-state index in [2.05, 4.69) is 0 Å². The monoisotopic (exact) mass is 350 g/mol. The number of hydrogen-bond acceptors (Lipinski definition) is 8. The van der Waals surface area contributed by atoms with Crippen molar-refractivity contribution in [2.24, 2.45) is 0 Å². The van der Waals surface area contributed by atoms with Gasteiger partial charge in [0.05, 0.1) is 11.9 Å². The van der Waals surface area contributed by atoms with Gasteiger partial charge in [0.25, 0.3) is 0 Å². The molecular weight excluding hydrogens is 328 g/mol. The van der Waals surface area contributed by atoms with Crippen molar-refractivity contribution >= 4 is 28.0 Å². The Balaban J connectivity index is 1.76. The van der Waals surface area contributed by atoms with Gasteiger partial charge in [-0.1, -0.05) is 23.5 Å². The summed E-state index contributed by atoms with van der Waals surface area (Å²) in [5.74, 6) is -1.33. The number of carbonyl (C=O) groups excluding carboxylic acids is 1. The molecule has 0 aromatic rings. The minimum absolute atomic E-state index is 0.0331. The van der Waals surface area contributed by atoms with Crippen molar-refractivity contribution in [2.45, 2.75) is 69.1 Å². The molecule has 8 heteroatoms. The van der Waals surface area contributed by atoms with E-state index in [0.29, 0.717) is 6.61 Å². The van der Waals surface area contributed by atoms with Crippen LogP contribution in [0.3, 0.4) is 0 Å². The van der Waals surface area contributed by atoms with Crippen LogP contribution in [-0.2, 0) is 23.7 Å². The topological polar surface area (TPSA) is 63.2 Å². The Kier molecular flexibility index (Phi) is 4.57. The molecule has 22 heavy (non-hydrogen) atoms. The third kappa shape index (κ3) is 3.33. The van der Waals surface area contributed by atoms with Crippen LogP contribution in [0.2, 0.25) is 0 Å². The Hall–Kier alpha value is 0.170. The molecule has 0 saturated carbocycles. The van der Waals surface area contributed by atoms with E-state index in [-0.39, 0.29) is 28.0 Å². The van der Waals surface area contributed by atoms with Crippen LogP contribution in [0.1, 0.15) is 27.7 Å². The minimum Gasteiger partial charge on any atom is -0.348 e. The molecule has 3 aliphatic rings. The molecule has 3 rings (SSSR count). The largest absolute Gasteiger partial charge is 0.348 e. The smallest absolute Gasteiger partial charge is 0.246 e. The fraction of sp³-hybridized carbons (Fsp3) is 0.929. The zero-order valence-corrected chi connectivity index (χ0v) is 15.0. The number of hydrogen-bond donors (Lipinski definition) is 0. The van der Waals surface area contributed by atoms with Gasteiger partial charge in [-0.05, 0) is 34.0 Å². The Bertz CT molecular complexity index is 455. The summed E-state index contributed by atoms with van der Waals surface area (Å²) in [6.45, 7) is 7.87. The average Bonchev–Trinajstić information content (AvgIpc) is 3.01. The van der Waals surface area contributed by atoms with E-state index in [1.165, 1.54) is 23.5 Å². The van der Waals surface area contributed by atoms with Crippen LogP contribution >= 0.6 is 23.5 Å². The molecule has 0 spiro atoms. The lowest BCUT2D eigenvalue weighted by atomic mass is 10.1. The van der Waals surface area contributed by atoms with Crippen LogP contribution in [0, 0.1) is 0 Å². The van der Waals surface area contributed by atoms with Crippen molar-refractivity contribution < 1.29 is 28.5 Å². The van der Waals surface area contributed by atoms with Crippen LogP contribution in [0.4, 0.5) is 4.79 Å². The van der Waals surface area contributed by atoms with E-state index in [0.717, 1.165) is 0 Å². The van der Waals surface area contributed by atoms with Gasteiger partial charge in [-0.15, -0.1) is 0 Å². The van der Waals surface area contributed by atoms with Crippen LogP contribution in [0.15, 0.2) is 0 Å². The van der Waals surface area contributed by atoms with Crippen LogP contribution < -0.4 is 0 Å². The number of ether oxygens (including phenoxy) is 5. The summed E-state index contributed by atoms with van der Waals surface area (Å²) in [5.41, 5.74) is 0. The van der Waals surface area contributed by atoms with Crippen molar-refractivity contribution in [2.75, 3.05) is 12.9 Å². The molecule has 0 aromatic heterocycles. The number of carbonyl (C=O) groups is 1. The standard InChI is InChI=1S/C14H22O6S2/c1-13(2)16-6-7(18-13)8-10(22-12(15)21-5)9-11(17-8)20-14(3,4)19-9/h7-11H,6H2,1-5H3/t7?,8-,9-,10+,11-/m1/s1. The fourth-order valence-corrected chi connectivity index (χ4v) is 4.61. The summed E-state index contributed by atoms with van der Waals surface area (Å²) in [4.78, 5) is 11.9. The zero-order chi connectivity index (χ0) is 16.1. The van der Waals surface area contributed by atoms with Gasteiger partial charge < -0.3 is 23.7 Å². The van der Waals surface area contributed by atoms with Crippen molar-refractivity contribution in [3.63, 3.8) is 0 Å². The summed E-state index contributed by atoms with van der Waals surface area (Å²) < 4.78 is 29.3. The average molecular weight is 350 g/mol. The van der Waals surface area contributed by atoms with E-state index in [1.54, 1.807) is 6.26 Å². The second-order valence-corrected chi connectivity index (χ2v) is 8.66. The third-order valence-electron chi connectivity index (χ3n) is 3.82. The molecule has 0 radical (unpaired) electrons. The molecule has 126 valence electrons. The van der Waals surface area contributed by atoms with Crippen molar-refractivity contribution in [1.29, 1.82) is 0 Å². The van der Waals surface area contributed by atoms with Gasteiger partial charge in [0.1, 0.15) is 18.3 Å². The molecule has 6 nitrogen and oxygen atoms in total. The zero-order valence-electron chi connectivity index (χ0n) is 13.4. The summed E-state index contributed by atoms with van der Waals surface area (Å²) in [6, 6.07) is 0. The predicted molar refractivity (Wildman–Crippen MR) is 83.9 cm³/mol. The van der Waals surface area contributed by atoms with Gasteiger partial charge >= 0.3 is 0 Å². The lowest BCUT2D eigenvalue weighted by Crippen LogP contribution is -2.41. The first-order chi connectivity index (χ1) is 10.2. The molecule has 3 heterocycles. The molecule has 3 saturated heterocycles. The maximum absolute atomic E-state index is 11.9. The van der Waals surface area contributed by atoms with Gasteiger partial charge in [-0.3, -0.25) is 4.79 Å². The third-order valence-corrected chi connectivity index (χ3v) is 5.95. The Morgan fingerprint density at radius 1 is 1.05 bits per heavy atom. The highest BCUT2D eigenvalue weighted by atomic mass is 32.2. The number of rotatable bonds is 2. The van der Waals surface area contributed by atoms with E-state index in [1.807, 2.05) is 27.7 Å². The highest BCUT2D eigenvalue weighted by Crippen LogP contribution is 2.46. The molecule has 0 N–H and O–H groups in total. The van der Waals surface area contributed by atoms with Gasteiger partial charge in [-0.2, -0.15) is 0 Å². The van der Waals surface area contributed by atoms with Crippen molar-refractivity contribution in [1.82, 2.24) is 0 Å². The molecular formula is C14H22O6S2. The first kappa shape index (κ1) is 17.0. The second kappa shape index (κ2) is 5.91. The molecule has 1 unspecified atom stereocenters. The van der Waals surface area contributed by atoms with Gasteiger partial charge in [0, 0.05) is 0 Å². The predicted octanol–water partition coefficient (Wildman–Crippen LogP) is 2.60. The molecule has 0 amide bonds. The summed E-state index contributed by atoms with van der Waals surface area (Å²) in [5, 5.41) is -0.172. The molecule has 0 aromatic carbocycles. The van der Waals surface area contributed by atoms with Gasteiger partial charge in [0.15, 0.2) is 17.9 Å². The summed E-state index contributed by atoms with van der Waals surface area (Å²) >= 11 is 2.43. The normalized spacial score (nSPS) is 42.5. The van der Waals surface area contributed by atoms with Gasteiger partial charge in [-0.25, -0.2) is 0 Å². The highest BCUT2D eigenvalue weighted by molar-refractivity contribution is 8.38. The fourth-order valence-electron chi connectivity index (χ4n) is 2.97. The number of thioether (sulfide) groups is 2. The quantitative estimate of drug-likeness (QED) is 0.753. The van der Waals surface area contributed by atoms with E-state index in [9.17, 15) is 4.79 Å². The molecule has 0 aliphatic carbocycles. The Morgan fingerprint density at radius 3 is 2.36 bits per heavy atom. The lowest BCUT2D eigenvalue weighted by Gasteiger charge is -2.28. The molecule has 3 aliphatic heterocycles.